The van der Waals surface area contributed by atoms with Crippen molar-refractivity contribution in [2.24, 2.45) is 0 Å². The van der Waals surface area contributed by atoms with E-state index in [0.29, 0.717) is 0 Å². The minimum absolute atomic E-state index is 0.0791. The van der Waals surface area contributed by atoms with Crippen molar-refractivity contribution in [2.75, 3.05) is 31.1 Å². The summed E-state index contributed by atoms with van der Waals surface area (Å²) in [5.41, 5.74) is 3.36. The summed E-state index contributed by atoms with van der Waals surface area (Å²) in [6, 6.07) is 0.180. The van der Waals surface area contributed by atoms with E-state index in [0.717, 1.165) is 37.6 Å². The highest BCUT2D eigenvalue weighted by Crippen LogP contribution is 2.28. The molecule has 1 N–H and O–H groups in total. The Bertz CT molecular complexity index is 691. The molecule has 2 atom stereocenters. The number of sulfone groups is 1. The number of hydrogen-bond acceptors (Lipinski definition) is 5. The molecule has 1 aromatic rings. The summed E-state index contributed by atoms with van der Waals surface area (Å²) in [4.78, 5) is 12.1. The number of nitrogens with zero attached hydrogens (tertiary/aromatic N) is 3. The van der Waals surface area contributed by atoms with E-state index in [9.17, 15) is 8.42 Å². The second-order valence-electron chi connectivity index (χ2n) is 6.93. The number of aromatic nitrogens is 2. The summed E-state index contributed by atoms with van der Waals surface area (Å²) in [5, 5.41) is 0. The Morgan fingerprint density at radius 3 is 2.57 bits per heavy atom. The summed E-state index contributed by atoms with van der Waals surface area (Å²) in [6.07, 6.45) is 3.90. The molecule has 0 saturated carbocycles. The first-order valence-corrected chi connectivity index (χ1v) is 9.98. The molecule has 6 nitrogen and oxygen atoms in total. The standard InChI is InChI=1S/C16H26N4O2S/c1-12(2)4-5-19-6-7-20(8-14-13(3)17-11-18-14)16-10-23(21,22)9-15(16)19/h4,11,15-16H,5-10H2,1-3H3,(H,17,18)/t15-,16+/m1/s1. The molecule has 2 aliphatic rings. The highest BCUT2D eigenvalue weighted by Gasteiger charge is 2.46. The second kappa shape index (κ2) is 6.37. The van der Waals surface area contributed by atoms with Crippen LogP contribution in [0.15, 0.2) is 18.0 Å². The van der Waals surface area contributed by atoms with Crippen LogP contribution in [0, 0.1) is 6.92 Å². The van der Waals surface area contributed by atoms with Gasteiger partial charge < -0.3 is 4.98 Å². The summed E-state index contributed by atoms with van der Waals surface area (Å²) in [5.74, 6) is 0.552. The Kier molecular flexibility index (Phi) is 4.62. The van der Waals surface area contributed by atoms with Crippen molar-refractivity contribution in [3.8, 4) is 0 Å². The maximum Gasteiger partial charge on any atom is 0.153 e. The number of aromatic amines is 1. The average molecular weight is 338 g/mol. The van der Waals surface area contributed by atoms with Gasteiger partial charge in [0.1, 0.15) is 0 Å². The Balaban J connectivity index is 1.78. The summed E-state index contributed by atoms with van der Waals surface area (Å²) >= 11 is 0. The van der Waals surface area contributed by atoms with Gasteiger partial charge in [0.05, 0.1) is 23.5 Å². The summed E-state index contributed by atoms with van der Waals surface area (Å²) in [6.45, 7) is 9.54. The van der Waals surface area contributed by atoms with E-state index in [2.05, 4.69) is 39.7 Å². The third kappa shape index (κ3) is 3.67. The molecule has 0 bridgehead atoms. The number of rotatable bonds is 4. The smallest absolute Gasteiger partial charge is 0.153 e. The predicted molar refractivity (Wildman–Crippen MR) is 91.0 cm³/mol. The number of allylic oxidation sites excluding steroid dienone is 1. The SMILES string of the molecule is CC(C)=CCN1CCN(Cc2nc[nH]c2C)[C@H]2CS(=O)(=O)C[C@H]21. The lowest BCUT2D eigenvalue weighted by Crippen LogP contribution is -2.58. The third-order valence-corrected chi connectivity index (χ3v) is 6.63. The topological polar surface area (TPSA) is 69.3 Å². The molecule has 0 unspecified atom stereocenters. The second-order valence-corrected chi connectivity index (χ2v) is 9.09. The van der Waals surface area contributed by atoms with Crippen molar-refractivity contribution in [1.29, 1.82) is 0 Å². The fourth-order valence-corrected chi connectivity index (χ4v) is 5.60. The fraction of sp³-hybridized carbons (Fsp3) is 0.688. The van der Waals surface area contributed by atoms with Crippen LogP contribution < -0.4 is 0 Å². The summed E-state index contributed by atoms with van der Waals surface area (Å²) in [7, 11) is -2.95. The van der Waals surface area contributed by atoms with Crippen LogP contribution in [0.2, 0.25) is 0 Å². The van der Waals surface area contributed by atoms with Gasteiger partial charge in [-0.2, -0.15) is 0 Å². The van der Waals surface area contributed by atoms with Crippen molar-refractivity contribution in [2.45, 2.75) is 39.4 Å². The van der Waals surface area contributed by atoms with E-state index in [1.54, 1.807) is 6.33 Å². The molecule has 7 heteroatoms. The average Bonchev–Trinajstić information content (AvgIpc) is 3.00. The van der Waals surface area contributed by atoms with E-state index >= 15 is 0 Å². The van der Waals surface area contributed by atoms with E-state index in [4.69, 9.17) is 0 Å². The van der Waals surface area contributed by atoms with Gasteiger partial charge in [0.25, 0.3) is 0 Å². The molecular weight excluding hydrogens is 312 g/mol. The molecule has 2 fully saturated rings. The molecule has 3 heterocycles. The molecule has 2 saturated heterocycles. The van der Waals surface area contributed by atoms with Crippen LogP contribution in [0.25, 0.3) is 0 Å². The van der Waals surface area contributed by atoms with Gasteiger partial charge in [-0.25, -0.2) is 13.4 Å². The number of hydrogen-bond donors (Lipinski definition) is 1. The minimum Gasteiger partial charge on any atom is -0.348 e. The molecule has 128 valence electrons. The van der Waals surface area contributed by atoms with Gasteiger partial charge >= 0.3 is 0 Å². The van der Waals surface area contributed by atoms with Crippen molar-refractivity contribution in [1.82, 2.24) is 19.8 Å². The number of fused-ring (bicyclic) bond motifs is 1. The predicted octanol–water partition coefficient (Wildman–Crippen LogP) is 0.968. The van der Waals surface area contributed by atoms with Gasteiger partial charge in [0, 0.05) is 44.0 Å². The minimum atomic E-state index is -2.95. The maximum absolute atomic E-state index is 12.2. The third-order valence-electron chi connectivity index (χ3n) is 4.93. The number of aryl methyl sites for hydroxylation is 1. The van der Waals surface area contributed by atoms with Gasteiger partial charge in [-0.1, -0.05) is 11.6 Å². The Labute approximate surface area is 138 Å². The van der Waals surface area contributed by atoms with Crippen molar-refractivity contribution in [3.05, 3.63) is 29.4 Å². The van der Waals surface area contributed by atoms with Crippen LogP contribution in [0.3, 0.4) is 0 Å². The first-order chi connectivity index (χ1) is 10.9. The summed E-state index contributed by atoms with van der Waals surface area (Å²) < 4.78 is 24.4. The highest BCUT2D eigenvalue weighted by atomic mass is 32.2. The molecule has 3 rings (SSSR count). The molecule has 2 aliphatic heterocycles. The molecule has 23 heavy (non-hydrogen) atoms. The van der Waals surface area contributed by atoms with Crippen LogP contribution in [0.1, 0.15) is 25.2 Å². The first-order valence-electron chi connectivity index (χ1n) is 8.16. The van der Waals surface area contributed by atoms with E-state index in [1.807, 2.05) is 6.92 Å². The Morgan fingerprint density at radius 1 is 1.30 bits per heavy atom. The number of nitrogens with one attached hydrogen (secondary N) is 1. The lowest BCUT2D eigenvalue weighted by atomic mass is 10.0. The fourth-order valence-electron chi connectivity index (χ4n) is 3.56. The molecular formula is C16H26N4O2S. The van der Waals surface area contributed by atoms with Gasteiger partial charge in [-0.05, 0) is 20.8 Å². The quantitative estimate of drug-likeness (QED) is 0.829. The van der Waals surface area contributed by atoms with Gasteiger partial charge in [0.15, 0.2) is 9.84 Å². The number of imidazole rings is 1. The number of piperazine rings is 1. The van der Waals surface area contributed by atoms with Crippen molar-refractivity contribution in [3.63, 3.8) is 0 Å². The van der Waals surface area contributed by atoms with Crippen LogP contribution in [0.4, 0.5) is 0 Å². The molecule has 0 spiro atoms. The van der Waals surface area contributed by atoms with E-state index in [-0.39, 0.29) is 23.6 Å². The van der Waals surface area contributed by atoms with Crippen LogP contribution >= 0.6 is 0 Å². The molecule has 0 radical (unpaired) electrons. The van der Waals surface area contributed by atoms with Gasteiger partial charge in [-0.3, -0.25) is 9.80 Å². The highest BCUT2D eigenvalue weighted by molar-refractivity contribution is 7.91. The monoisotopic (exact) mass is 338 g/mol. The van der Waals surface area contributed by atoms with E-state index < -0.39 is 9.84 Å². The lowest BCUT2D eigenvalue weighted by Gasteiger charge is -2.43. The molecule has 0 amide bonds. The zero-order valence-electron chi connectivity index (χ0n) is 14.1. The van der Waals surface area contributed by atoms with Crippen LogP contribution in [-0.2, 0) is 16.4 Å². The Hall–Kier alpha value is -1.18. The molecule has 0 aliphatic carbocycles. The largest absolute Gasteiger partial charge is 0.348 e. The maximum atomic E-state index is 12.2. The first kappa shape index (κ1) is 16.7. The van der Waals surface area contributed by atoms with Gasteiger partial charge in [0.2, 0.25) is 0 Å². The van der Waals surface area contributed by atoms with Crippen molar-refractivity contribution >= 4 is 9.84 Å². The Morgan fingerprint density at radius 2 is 1.96 bits per heavy atom. The lowest BCUT2D eigenvalue weighted by molar-refractivity contribution is 0.0469. The number of H-pyrrole nitrogens is 1. The van der Waals surface area contributed by atoms with E-state index in [1.165, 1.54) is 5.57 Å². The normalized spacial score (nSPS) is 27.8. The molecule has 0 aromatic carbocycles. The zero-order valence-corrected chi connectivity index (χ0v) is 14.9. The molecule has 1 aromatic heterocycles. The van der Waals surface area contributed by atoms with Crippen LogP contribution in [-0.4, -0.2) is 71.4 Å². The van der Waals surface area contributed by atoms with Crippen molar-refractivity contribution < 1.29 is 8.42 Å². The van der Waals surface area contributed by atoms with Crippen LogP contribution in [0.5, 0.6) is 0 Å². The van der Waals surface area contributed by atoms with Gasteiger partial charge in [-0.15, -0.1) is 0 Å². The zero-order chi connectivity index (χ0) is 16.6.